The first-order valence-corrected chi connectivity index (χ1v) is 7.09. The summed E-state index contributed by atoms with van der Waals surface area (Å²) in [5.41, 5.74) is 1.88. The number of phenols is 1. The highest BCUT2D eigenvalue weighted by atomic mass is 19.1. The highest BCUT2D eigenvalue weighted by Crippen LogP contribution is 2.23. The number of hydrogen-bond acceptors (Lipinski definition) is 3. The Labute approximate surface area is 133 Å². The largest absolute Gasteiger partial charge is 0.506 e. The minimum absolute atomic E-state index is 0.108. The maximum atomic E-state index is 12.8. The van der Waals surface area contributed by atoms with Gasteiger partial charge in [-0.25, -0.2) is 4.39 Å². The minimum Gasteiger partial charge on any atom is -0.506 e. The third-order valence-corrected chi connectivity index (χ3v) is 3.22. The number of nitrogens with one attached hydrogen (secondary N) is 2. The van der Waals surface area contributed by atoms with E-state index in [-0.39, 0.29) is 23.8 Å². The number of hydrogen-bond donors (Lipinski definition) is 3. The van der Waals surface area contributed by atoms with Crippen molar-refractivity contribution in [2.75, 3.05) is 11.9 Å². The summed E-state index contributed by atoms with van der Waals surface area (Å²) >= 11 is 0. The van der Waals surface area contributed by atoms with Gasteiger partial charge in [-0.15, -0.1) is 0 Å². The maximum Gasteiger partial charge on any atom is 0.313 e. The van der Waals surface area contributed by atoms with Crippen LogP contribution in [0.2, 0.25) is 0 Å². The molecule has 2 aromatic carbocycles. The van der Waals surface area contributed by atoms with Crippen LogP contribution < -0.4 is 10.6 Å². The Morgan fingerprint density at radius 3 is 2.48 bits per heavy atom. The SMILES string of the molecule is Cc1ccc(O)c(NC(=O)C(=O)NCCc2ccc(F)cc2)c1. The quantitative estimate of drug-likeness (QED) is 0.597. The second kappa shape index (κ2) is 7.40. The highest BCUT2D eigenvalue weighted by Gasteiger charge is 2.14. The molecule has 2 aromatic rings. The molecule has 0 fully saturated rings. The summed E-state index contributed by atoms with van der Waals surface area (Å²) < 4.78 is 12.8. The van der Waals surface area contributed by atoms with E-state index in [1.807, 2.05) is 0 Å². The van der Waals surface area contributed by atoms with Crippen LogP contribution in [0.25, 0.3) is 0 Å². The zero-order chi connectivity index (χ0) is 16.8. The number of aryl methyl sites for hydroxylation is 1. The van der Waals surface area contributed by atoms with E-state index in [1.165, 1.54) is 18.2 Å². The third-order valence-electron chi connectivity index (χ3n) is 3.22. The molecule has 0 aromatic heterocycles. The van der Waals surface area contributed by atoms with Crippen LogP contribution in [0.4, 0.5) is 10.1 Å². The van der Waals surface area contributed by atoms with Crippen molar-refractivity contribution >= 4 is 17.5 Å². The molecule has 0 unspecified atom stereocenters. The van der Waals surface area contributed by atoms with Gasteiger partial charge in [0.2, 0.25) is 0 Å². The highest BCUT2D eigenvalue weighted by molar-refractivity contribution is 6.39. The molecular weight excluding hydrogens is 299 g/mol. The summed E-state index contributed by atoms with van der Waals surface area (Å²) in [6.45, 7) is 2.05. The van der Waals surface area contributed by atoms with E-state index in [0.29, 0.717) is 6.42 Å². The van der Waals surface area contributed by atoms with Crippen LogP contribution in [0.1, 0.15) is 11.1 Å². The van der Waals surface area contributed by atoms with Crippen molar-refractivity contribution in [3.8, 4) is 5.75 Å². The second-order valence-electron chi connectivity index (χ2n) is 5.11. The van der Waals surface area contributed by atoms with Crippen LogP contribution in [0.5, 0.6) is 5.75 Å². The Morgan fingerprint density at radius 2 is 1.78 bits per heavy atom. The van der Waals surface area contributed by atoms with E-state index in [0.717, 1.165) is 11.1 Å². The van der Waals surface area contributed by atoms with Crippen LogP contribution in [0, 0.1) is 12.7 Å². The number of aromatic hydroxyl groups is 1. The van der Waals surface area contributed by atoms with Gasteiger partial charge in [0.1, 0.15) is 11.6 Å². The molecule has 0 bridgehead atoms. The topological polar surface area (TPSA) is 78.4 Å². The zero-order valence-corrected chi connectivity index (χ0v) is 12.6. The molecule has 0 radical (unpaired) electrons. The molecule has 2 rings (SSSR count). The van der Waals surface area contributed by atoms with Gasteiger partial charge in [-0.3, -0.25) is 9.59 Å². The van der Waals surface area contributed by atoms with E-state index in [9.17, 15) is 19.1 Å². The summed E-state index contributed by atoms with van der Waals surface area (Å²) in [6, 6.07) is 10.6. The molecule has 0 aliphatic carbocycles. The van der Waals surface area contributed by atoms with E-state index < -0.39 is 11.8 Å². The minimum atomic E-state index is -0.856. The number of carbonyl (C=O) groups excluding carboxylic acids is 2. The molecule has 0 aliphatic rings. The third kappa shape index (κ3) is 4.81. The fraction of sp³-hybridized carbons (Fsp3) is 0.176. The summed E-state index contributed by atoms with van der Waals surface area (Å²) in [5, 5.41) is 14.5. The Morgan fingerprint density at radius 1 is 1.09 bits per heavy atom. The number of rotatable bonds is 4. The monoisotopic (exact) mass is 316 g/mol. The fourth-order valence-corrected chi connectivity index (χ4v) is 1.98. The number of carbonyl (C=O) groups is 2. The lowest BCUT2D eigenvalue weighted by Gasteiger charge is -2.08. The summed E-state index contributed by atoms with van der Waals surface area (Å²) in [4.78, 5) is 23.5. The molecule has 0 atom stereocenters. The van der Waals surface area contributed by atoms with Crippen molar-refractivity contribution in [3.63, 3.8) is 0 Å². The number of phenolic OH excluding ortho intramolecular Hbond substituents is 1. The molecule has 120 valence electrons. The van der Waals surface area contributed by atoms with Crippen molar-refractivity contribution in [2.24, 2.45) is 0 Å². The average Bonchev–Trinajstić information content (AvgIpc) is 2.52. The Hall–Kier alpha value is -2.89. The van der Waals surface area contributed by atoms with Gasteiger partial charge in [0.25, 0.3) is 0 Å². The van der Waals surface area contributed by atoms with Gasteiger partial charge in [-0.05, 0) is 48.7 Å². The number of anilines is 1. The van der Waals surface area contributed by atoms with E-state index in [2.05, 4.69) is 10.6 Å². The fourth-order valence-electron chi connectivity index (χ4n) is 1.98. The van der Waals surface area contributed by atoms with Crippen molar-refractivity contribution < 1.29 is 19.1 Å². The Bertz CT molecular complexity index is 714. The van der Waals surface area contributed by atoms with Gasteiger partial charge in [0.15, 0.2) is 0 Å². The standard InChI is InChI=1S/C17H17FN2O3/c1-11-2-7-15(21)14(10-11)20-17(23)16(22)19-9-8-12-3-5-13(18)6-4-12/h2-7,10,21H,8-9H2,1H3,(H,19,22)(H,20,23). The Balaban J connectivity index is 1.84. The molecule has 3 N–H and O–H groups in total. The summed E-state index contributed by atoms with van der Waals surface area (Å²) in [7, 11) is 0. The average molecular weight is 316 g/mol. The van der Waals surface area contributed by atoms with Crippen molar-refractivity contribution in [1.82, 2.24) is 5.32 Å². The van der Waals surface area contributed by atoms with E-state index >= 15 is 0 Å². The van der Waals surface area contributed by atoms with Gasteiger partial charge in [-0.2, -0.15) is 0 Å². The Kier molecular flexibility index (Phi) is 5.30. The van der Waals surface area contributed by atoms with Crippen LogP contribution >= 0.6 is 0 Å². The van der Waals surface area contributed by atoms with Gasteiger partial charge in [0, 0.05) is 6.54 Å². The molecular formula is C17H17FN2O3. The normalized spacial score (nSPS) is 10.2. The van der Waals surface area contributed by atoms with Gasteiger partial charge < -0.3 is 15.7 Å². The van der Waals surface area contributed by atoms with Crippen molar-refractivity contribution in [3.05, 3.63) is 59.4 Å². The molecule has 0 spiro atoms. The molecule has 0 saturated heterocycles. The predicted octanol–water partition coefficient (Wildman–Crippen LogP) is 2.14. The molecule has 6 heteroatoms. The molecule has 2 amide bonds. The lowest BCUT2D eigenvalue weighted by molar-refractivity contribution is -0.136. The van der Waals surface area contributed by atoms with Crippen LogP contribution in [-0.4, -0.2) is 23.5 Å². The van der Waals surface area contributed by atoms with Crippen molar-refractivity contribution in [2.45, 2.75) is 13.3 Å². The maximum absolute atomic E-state index is 12.8. The number of benzene rings is 2. The van der Waals surface area contributed by atoms with Crippen LogP contribution in [-0.2, 0) is 16.0 Å². The summed E-state index contributed by atoms with van der Waals surface area (Å²) in [5.74, 6) is -2.09. The number of amides is 2. The van der Waals surface area contributed by atoms with E-state index in [4.69, 9.17) is 0 Å². The van der Waals surface area contributed by atoms with Crippen molar-refractivity contribution in [1.29, 1.82) is 0 Å². The molecule has 23 heavy (non-hydrogen) atoms. The smallest absolute Gasteiger partial charge is 0.313 e. The predicted molar refractivity (Wildman–Crippen MR) is 84.6 cm³/mol. The summed E-state index contributed by atoms with van der Waals surface area (Å²) in [6.07, 6.45) is 0.481. The molecule has 5 nitrogen and oxygen atoms in total. The van der Waals surface area contributed by atoms with Gasteiger partial charge in [0.05, 0.1) is 5.69 Å². The lowest BCUT2D eigenvalue weighted by Crippen LogP contribution is -2.36. The first kappa shape index (κ1) is 16.5. The van der Waals surface area contributed by atoms with E-state index in [1.54, 1.807) is 31.2 Å². The number of halogens is 1. The zero-order valence-electron chi connectivity index (χ0n) is 12.6. The second-order valence-corrected chi connectivity index (χ2v) is 5.11. The molecule has 0 saturated carbocycles. The lowest BCUT2D eigenvalue weighted by atomic mass is 10.1. The van der Waals surface area contributed by atoms with Crippen LogP contribution in [0.15, 0.2) is 42.5 Å². The molecule has 0 heterocycles. The first-order chi connectivity index (χ1) is 11.0. The molecule has 0 aliphatic heterocycles. The first-order valence-electron chi connectivity index (χ1n) is 7.09. The van der Waals surface area contributed by atoms with Gasteiger partial charge >= 0.3 is 11.8 Å². The van der Waals surface area contributed by atoms with Crippen LogP contribution in [0.3, 0.4) is 0 Å². The van der Waals surface area contributed by atoms with Gasteiger partial charge in [-0.1, -0.05) is 18.2 Å².